The van der Waals surface area contributed by atoms with Crippen molar-refractivity contribution in [2.24, 2.45) is 5.41 Å². The summed E-state index contributed by atoms with van der Waals surface area (Å²) in [5.41, 5.74) is -0.511. The van der Waals surface area contributed by atoms with Crippen molar-refractivity contribution < 1.29 is 22.7 Å². The van der Waals surface area contributed by atoms with E-state index in [0.717, 1.165) is 0 Å². The molecular weight excluding hydrogens is 368 g/mol. The summed E-state index contributed by atoms with van der Waals surface area (Å²) >= 11 is 0. The Hall–Kier alpha value is -2.95. The minimum Gasteiger partial charge on any atom is -0.487 e. The van der Waals surface area contributed by atoms with E-state index < -0.39 is 17.7 Å². The van der Waals surface area contributed by atoms with Crippen LogP contribution < -0.4 is 4.74 Å². The van der Waals surface area contributed by atoms with Crippen molar-refractivity contribution in [3.05, 3.63) is 41.4 Å². The number of nitrogens with zero attached hydrogens (tertiary/aromatic N) is 3. The number of likely N-dealkylation sites (tertiary alicyclic amines) is 1. The number of carbonyl (C=O) groups is 1. The van der Waals surface area contributed by atoms with Gasteiger partial charge in [-0.25, -0.2) is 13.8 Å². The van der Waals surface area contributed by atoms with Gasteiger partial charge in [-0.05, 0) is 19.8 Å². The predicted molar refractivity (Wildman–Crippen MR) is 94.7 cm³/mol. The number of carbonyl (C=O) groups excluding carboxylic acids is 1. The first-order valence-electron chi connectivity index (χ1n) is 8.95. The lowest BCUT2D eigenvalue weighted by Crippen LogP contribution is -2.44. The lowest BCUT2D eigenvalue weighted by molar-refractivity contribution is -0.149. The Labute approximate surface area is 160 Å². The summed E-state index contributed by atoms with van der Waals surface area (Å²) in [6.45, 7) is 4.53. The number of halogens is 2. The smallest absolute Gasteiger partial charge is 0.252 e. The van der Waals surface area contributed by atoms with Crippen molar-refractivity contribution in [1.82, 2.24) is 14.9 Å². The fraction of sp³-hybridized carbons (Fsp3) is 0.450. The van der Waals surface area contributed by atoms with Crippen molar-refractivity contribution in [3.8, 4) is 17.6 Å². The molecule has 2 aliphatic heterocycles. The molecule has 0 N–H and O–H groups in total. The van der Waals surface area contributed by atoms with Crippen molar-refractivity contribution >= 4 is 5.91 Å². The van der Waals surface area contributed by atoms with E-state index in [1.54, 1.807) is 19.3 Å². The maximum atomic E-state index is 13.4. The zero-order valence-electron chi connectivity index (χ0n) is 15.7. The van der Waals surface area contributed by atoms with Gasteiger partial charge in [-0.2, -0.15) is 0 Å². The molecule has 2 atom stereocenters. The summed E-state index contributed by atoms with van der Waals surface area (Å²) in [4.78, 5) is 22.5. The van der Waals surface area contributed by atoms with Crippen molar-refractivity contribution in [3.63, 3.8) is 0 Å². The molecule has 4 rings (SSSR count). The minimum atomic E-state index is -2.75. The summed E-state index contributed by atoms with van der Waals surface area (Å²) in [5, 5.41) is 0. The lowest BCUT2D eigenvalue weighted by Gasteiger charge is -2.32. The van der Waals surface area contributed by atoms with E-state index in [2.05, 4.69) is 21.8 Å². The SMILES string of the molecule is Cc1ncc(C#Cc2cncc3c2O[C@H]2C[C@@H]3N(C(=O)C(C)(C)C(F)F)C2)o1. The van der Waals surface area contributed by atoms with Crippen molar-refractivity contribution in [1.29, 1.82) is 0 Å². The Morgan fingerprint density at radius 2 is 2.11 bits per heavy atom. The third kappa shape index (κ3) is 3.01. The van der Waals surface area contributed by atoms with E-state index >= 15 is 0 Å². The maximum absolute atomic E-state index is 13.4. The van der Waals surface area contributed by atoms with Gasteiger partial charge < -0.3 is 14.1 Å². The molecule has 2 aliphatic rings. The minimum absolute atomic E-state index is 0.259. The van der Waals surface area contributed by atoms with E-state index in [1.165, 1.54) is 24.9 Å². The molecule has 2 aromatic heterocycles. The van der Waals surface area contributed by atoms with Gasteiger partial charge in [0.25, 0.3) is 6.43 Å². The number of fused-ring (bicyclic) bond motifs is 4. The highest BCUT2D eigenvalue weighted by Crippen LogP contribution is 2.46. The van der Waals surface area contributed by atoms with E-state index in [1.807, 2.05) is 0 Å². The van der Waals surface area contributed by atoms with E-state index in [4.69, 9.17) is 9.15 Å². The lowest BCUT2D eigenvalue weighted by atomic mass is 9.91. The Morgan fingerprint density at radius 3 is 2.79 bits per heavy atom. The molecule has 0 unspecified atom stereocenters. The number of hydrogen-bond donors (Lipinski definition) is 0. The second kappa shape index (κ2) is 6.59. The summed E-state index contributed by atoms with van der Waals surface area (Å²) in [7, 11) is 0. The molecular formula is C20H19F2N3O3. The molecule has 0 aliphatic carbocycles. The molecule has 0 radical (unpaired) electrons. The molecule has 1 fully saturated rings. The van der Waals surface area contributed by atoms with Crippen LogP contribution in [0.25, 0.3) is 0 Å². The first kappa shape index (κ1) is 18.4. The number of aromatic nitrogens is 2. The Balaban J connectivity index is 1.67. The van der Waals surface area contributed by atoms with Gasteiger partial charge in [0.2, 0.25) is 5.91 Å². The van der Waals surface area contributed by atoms with Gasteiger partial charge in [-0.1, -0.05) is 5.92 Å². The average Bonchev–Trinajstić information content (AvgIpc) is 3.23. The first-order valence-corrected chi connectivity index (χ1v) is 8.95. The third-order valence-electron chi connectivity index (χ3n) is 5.13. The fourth-order valence-electron chi connectivity index (χ4n) is 3.50. The number of amides is 1. The number of hydrogen-bond acceptors (Lipinski definition) is 5. The van der Waals surface area contributed by atoms with Crippen LogP contribution in [-0.2, 0) is 4.79 Å². The standard InChI is InChI=1S/C20H19F2N3O3/c1-11-24-8-13(27-11)5-4-12-7-23-9-15-16-6-14(28-17(12)15)10-25(16)19(26)20(2,3)18(21)22/h7-9,14,16,18H,6,10H2,1-3H3/t14-,16-/m0/s1. The molecule has 28 heavy (non-hydrogen) atoms. The van der Waals surface area contributed by atoms with Crippen LogP contribution in [0, 0.1) is 24.2 Å². The molecule has 6 nitrogen and oxygen atoms in total. The van der Waals surface area contributed by atoms with Gasteiger partial charge in [0.15, 0.2) is 11.7 Å². The monoisotopic (exact) mass is 387 g/mol. The van der Waals surface area contributed by atoms with Gasteiger partial charge in [0.1, 0.15) is 17.3 Å². The zero-order chi connectivity index (χ0) is 20.1. The number of pyridine rings is 1. The van der Waals surface area contributed by atoms with Gasteiger partial charge in [0, 0.05) is 31.3 Å². The van der Waals surface area contributed by atoms with Gasteiger partial charge in [-0.15, -0.1) is 0 Å². The summed E-state index contributed by atoms with van der Waals surface area (Å²) in [5.74, 6) is 6.75. The normalized spacial score (nSPS) is 20.4. The Morgan fingerprint density at radius 1 is 1.32 bits per heavy atom. The number of alkyl halides is 2. The highest BCUT2D eigenvalue weighted by atomic mass is 19.3. The molecule has 2 aromatic rings. The quantitative estimate of drug-likeness (QED) is 0.741. The van der Waals surface area contributed by atoms with E-state index in [-0.39, 0.29) is 18.7 Å². The van der Waals surface area contributed by atoms with Crippen LogP contribution in [0.2, 0.25) is 0 Å². The molecule has 4 heterocycles. The molecule has 8 heteroatoms. The van der Waals surface area contributed by atoms with E-state index in [0.29, 0.717) is 34.9 Å². The van der Waals surface area contributed by atoms with Gasteiger partial charge >= 0.3 is 0 Å². The second-order valence-corrected chi connectivity index (χ2v) is 7.57. The first-order chi connectivity index (χ1) is 13.3. The van der Waals surface area contributed by atoms with Crippen molar-refractivity contribution in [2.75, 3.05) is 6.54 Å². The van der Waals surface area contributed by atoms with Crippen LogP contribution in [0.4, 0.5) is 8.78 Å². The number of oxazole rings is 1. The molecule has 2 bridgehead atoms. The Bertz CT molecular complexity index is 990. The van der Waals surface area contributed by atoms with Crippen molar-refractivity contribution in [2.45, 2.75) is 45.8 Å². The molecule has 146 valence electrons. The third-order valence-corrected chi connectivity index (χ3v) is 5.13. The molecule has 1 saturated heterocycles. The molecule has 0 aromatic carbocycles. The predicted octanol–water partition coefficient (Wildman–Crippen LogP) is 3.10. The summed E-state index contributed by atoms with van der Waals surface area (Å²) in [6, 6.07) is -0.346. The molecule has 0 spiro atoms. The van der Waals surface area contributed by atoms with E-state index in [9.17, 15) is 13.6 Å². The average molecular weight is 387 g/mol. The summed E-state index contributed by atoms with van der Waals surface area (Å²) in [6.07, 6.45) is 2.27. The summed E-state index contributed by atoms with van der Waals surface area (Å²) < 4.78 is 38.1. The van der Waals surface area contributed by atoms with Crippen LogP contribution >= 0.6 is 0 Å². The number of ether oxygens (including phenoxy) is 1. The number of rotatable bonds is 2. The number of aryl methyl sites for hydroxylation is 1. The van der Waals surface area contributed by atoms with Crippen LogP contribution in [-0.4, -0.2) is 39.8 Å². The molecule has 0 saturated carbocycles. The van der Waals surface area contributed by atoms with Crippen LogP contribution in [0.15, 0.2) is 23.0 Å². The van der Waals surface area contributed by atoms with Gasteiger partial charge in [-0.3, -0.25) is 9.78 Å². The van der Waals surface area contributed by atoms with Gasteiger partial charge in [0.05, 0.1) is 24.3 Å². The maximum Gasteiger partial charge on any atom is 0.252 e. The topological polar surface area (TPSA) is 68.5 Å². The fourth-order valence-corrected chi connectivity index (χ4v) is 3.50. The highest BCUT2D eigenvalue weighted by Gasteiger charge is 2.49. The largest absolute Gasteiger partial charge is 0.487 e. The molecule has 1 amide bonds. The zero-order valence-corrected chi connectivity index (χ0v) is 15.7. The van der Waals surface area contributed by atoms with Crippen LogP contribution in [0.1, 0.15) is 49.1 Å². The van der Waals surface area contributed by atoms with Crippen LogP contribution in [0.5, 0.6) is 5.75 Å². The highest BCUT2D eigenvalue weighted by molar-refractivity contribution is 5.83. The second-order valence-electron chi connectivity index (χ2n) is 7.57. The Kier molecular flexibility index (Phi) is 4.33. The van der Waals surface area contributed by atoms with Crippen LogP contribution in [0.3, 0.4) is 0 Å².